The largest absolute Gasteiger partial charge is 0.507 e. The Morgan fingerprint density at radius 3 is 2.55 bits per heavy atom. The molecule has 8 heteroatoms. The van der Waals surface area contributed by atoms with Gasteiger partial charge in [-0.3, -0.25) is 14.6 Å². The number of nitrogens with zero attached hydrogens (tertiary/aromatic N) is 2. The van der Waals surface area contributed by atoms with Crippen molar-refractivity contribution >= 4 is 17.4 Å². The van der Waals surface area contributed by atoms with Gasteiger partial charge < -0.3 is 19.5 Å². The van der Waals surface area contributed by atoms with Crippen LogP contribution in [0.2, 0.25) is 0 Å². The van der Waals surface area contributed by atoms with Crippen molar-refractivity contribution in [2.75, 3.05) is 13.2 Å². The van der Waals surface area contributed by atoms with Gasteiger partial charge in [-0.2, -0.15) is 0 Å². The number of aromatic nitrogens is 1. The molecule has 0 unspecified atom stereocenters. The number of carbonyl (C=O) groups is 2. The Morgan fingerprint density at radius 1 is 1.06 bits per heavy atom. The number of amides is 1. The number of Topliss-reactive ketones (excluding diaryl/α,β-unsaturated/α-hetero) is 1. The molecule has 1 fully saturated rings. The van der Waals surface area contributed by atoms with Crippen molar-refractivity contribution in [1.29, 1.82) is 0 Å². The smallest absolute Gasteiger partial charge is 0.295 e. The number of hydrogen-bond donors (Lipinski definition) is 1. The maximum atomic E-state index is 13.6. The van der Waals surface area contributed by atoms with Crippen LogP contribution in [0.15, 0.2) is 72.6 Å². The van der Waals surface area contributed by atoms with Crippen molar-refractivity contribution in [2.24, 2.45) is 0 Å². The SMILES string of the molecule is O=C1C(=O)N(Cc2cccnc2)[C@H](c2ccc(F)cc2)C1=C(O)c1ccc2c(c1)OCCO2. The predicted molar refractivity (Wildman–Crippen MR) is 116 cm³/mol. The highest BCUT2D eigenvalue weighted by Gasteiger charge is 2.46. The summed E-state index contributed by atoms with van der Waals surface area (Å²) in [5.74, 6) is -1.39. The number of carbonyl (C=O) groups excluding carboxylic acids is 2. The van der Waals surface area contributed by atoms with Gasteiger partial charge in [0.1, 0.15) is 24.8 Å². The summed E-state index contributed by atoms with van der Waals surface area (Å²) >= 11 is 0. The van der Waals surface area contributed by atoms with E-state index in [1.807, 2.05) is 0 Å². The Hall–Kier alpha value is -4.20. The summed E-state index contributed by atoms with van der Waals surface area (Å²) < 4.78 is 24.7. The Kier molecular flexibility index (Phi) is 5.26. The molecular weight excluding hydrogens is 427 g/mol. The summed E-state index contributed by atoms with van der Waals surface area (Å²) in [7, 11) is 0. The molecule has 33 heavy (non-hydrogen) atoms. The summed E-state index contributed by atoms with van der Waals surface area (Å²) in [5.41, 5.74) is 1.45. The lowest BCUT2D eigenvalue weighted by Gasteiger charge is -2.25. The maximum absolute atomic E-state index is 13.6. The highest BCUT2D eigenvalue weighted by molar-refractivity contribution is 6.46. The van der Waals surface area contributed by atoms with Gasteiger partial charge in [-0.05, 0) is 47.5 Å². The second-order valence-electron chi connectivity index (χ2n) is 7.70. The molecule has 0 bridgehead atoms. The van der Waals surface area contributed by atoms with E-state index in [2.05, 4.69) is 4.98 Å². The lowest BCUT2D eigenvalue weighted by Crippen LogP contribution is -2.29. The molecule has 0 spiro atoms. The summed E-state index contributed by atoms with van der Waals surface area (Å²) in [6.07, 6.45) is 3.21. The molecule has 0 saturated carbocycles. The molecule has 7 nitrogen and oxygen atoms in total. The number of benzene rings is 2. The van der Waals surface area contributed by atoms with Crippen LogP contribution in [0.1, 0.15) is 22.7 Å². The van der Waals surface area contributed by atoms with Crippen molar-refractivity contribution < 1.29 is 28.6 Å². The van der Waals surface area contributed by atoms with Crippen LogP contribution in [0, 0.1) is 5.82 Å². The lowest BCUT2D eigenvalue weighted by molar-refractivity contribution is -0.140. The van der Waals surface area contributed by atoms with Gasteiger partial charge in [0.15, 0.2) is 11.5 Å². The molecule has 3 heterocycles. The maximum Gasteiger partial charge on any atom is 0.295 e. The van der Waals surface area contributed by atoms with Gasteiger partial charge in [-0.15, -0.1) is 0 Å². The molecule has 1 N–H and O–H groups in total. The summed E-state index contributed by atoms with van der Waals surface area (Å²) in [6, 6.07) is 12.9. The van der Waals surface area contributed by atoms with E-state index in [-0.39, 0.29) is 17.9 Å². The minimum atomic E-state index is -0.904. The summed E-state index contributed by atoms with van der Waals surface area (Å²) in [6.45, 7) is 0.878. The topological polar surface area (TPSA) is 89.0 Å². The Bertz CT molecular complexity index is 1260. The van der Waals surface area contributed by atoms with E-state index >= 15 is 0 Å². The van der Waals surface area contributed by atoms with Crippen molar-refractivity contribution in [3.8, 4) is 11.5 Å². The van der Waals surface area contributed by atoms with Crippen molar-refractivity contribution in [3.63, 3.8) is 0 Å². The van der Waals surface area contributed by atoms with Crippen LogP contribution in [-0.2, 0) is 16.1 Å². The van der Waals surface area contributed by atoms with Crippen LogP contribution in [0.5, 0.6) is 11.5 Å². The third-order valence-corrected chi connectivity index (χ3v) is 5.62. The fourth-order valence-electron chi connectivity index (χ4n) is 4.07. The zero-order chi connectivity index (χ0) is 22.9. The first-order chi connectivity index (χ1) is 16.0. The number of aliphatic hydroxyl groups is 1. The molecule has 166 valence electrons. The van der Waals surface area contributed by atoms with Crippen LogP contribution in [0.4, 0.5) is 4.39 Å². The number of ether oxygens (including phenoxy) is 2. The molecule has 2 aliphatic rings. The van der Waals surface area contributed by atoms with E-state index in [1.54, 1.807) is 42.7 Å². The van der Waals surface area contributed by atoms with Gasteiger partial charge in [0, 0.05) is 24.5 Å². The van der Waals surface area contributed by atoms with Crippen LogP contribution in [0.3, 0.4) is 0 Å². The quantitative estimate of drug-likeness (QED) is 0.374. The number of rotatable bonds is 4. The Morgan fingerprint density at radius 2 is 1.82 bits per heavy atom. The number of ketones is 1. The van der Waals surface area contributed by atoms with Crippen LogP contribution < -0.4 is 9.47 Å². The highest BCUT2D eigenvalue weighted by atomic mass is 19.1. The average Bonchev–Trinajstić information content (AvgIpc) is 3.09. The summed E-state index contributed by atoms with van der Waals surface area (Å²) in [5, 5.41) is 11.2. The Balaban J connectivity index is 1.63. The molecule has 2 aliphatic heterocycles. The zero-order valence-corrected chi connectivity index (χ0v) is 17.4. The minimum absolute atomic E-state index is 0.0767. The van der Waals surface area contributed by atoms with E-state index in [0.717, 1.165) is 0 Å². The van der Waals surface area contributed by atoms with Crippen molar-refractivity contribution in [2.45, 2.75) is 12.6 Å². The molecule has 1 saturated heterocycles. The van der Waals surface area contributed by atoms with Gasteiger partial charge in [-0.25, -0.2) is 4.39 Å². The summed E-state index contributed by atoms with van der Waals surface area (Å²) in [4.78, 5) is 31.6. The van der Waals surface area contributed by atoms with E-state index in [0.29, 0.717) is 41.4 Å². The van der Waals surface area contributed by atoms with E-state index in [4.69, 9.17) is 9.47 Å². The molecule has 5 rings (SSSR count). The van der Waals surface area contributed by atoms with E-state index in [9.17, 15) is 19.1 Å². The van der Waals surface area contributed by atoms with Crippen molar-refractivity contribution in [1.82, 2.24) is 9.88 Å². The molecule has 1 amide bonds. The molecule has 0 aliphatic carbocycles. The van der Waals surface area contributed by atoms with E-state index < -0.39 is 23.5 Å². The fraction of sp³-hybridized carbons (Fsp3) is 0.160. The van der Waals surface area contributed by atoms with E-state index in [1.165, 1.54) is 29.2 Å². The number of halogens is 1. The third-order valence-electron chi connectivity index (χ3n) is 5.62. The number of likely N-dealkylation sites (tertiary alicyclic amines) is 1. The zero-order valence-electron chi connectivity index (χ0n) is 17.4. The van der Waals surface area contributed by atoms with Crippen molar-refractivity contribution in [3.05, 3.63) is 95.1 Å². The normalized spacial score (nSPS) is 19.1. The second-order valence-corrected chi connectivity index (χ2v) is 7.70. The molecular formula is C25H19FN2O5. The van der Waals surface area contributed by atoms with Gasteiger partial charge >= 0.3 is 0 Å². The molecule has 1 aromatic heterocycles. The second kappa shape index (κ2) is 8.38. The van der Waals surface area contributed by atoms with Gasteiger partial charge in [0.25, 0.3) is 11.7 Å². The third kappa shape index (κ3) is 3.80. The average molecular weight is 446 g/mol. The Labute approximate surface area is 188 Å². The molecule has 1 atom stereocenters. The van der Waals surface area contributed by atoms with Gasteiger partial charge in [0.05, 0.1) is 11.6 Å². The first-order valence-electron chi connectivity index (χ1n) is 10.4. The number of hydrogen-bond acceptors (Lipinski definition) is 6. The molecule has 3 aromatic rings. The number of pyridine rings is 1. The van der Waals surface area contributed by atoms with Gasteiger partial charge in [-0.1, -0.05) is 18.2 Å². The first-order valence-corrected chi connectivity index (χ1v) is 10.4. The monoisotopic (exact) mass is 446 g/mol. The minimum Gasteiger partial charge on any atom is -0.507 e. The fourth-order valence-corrected chi connectivity index (χ4v) is 4.07. The standard InChI is InChI=1S/C25H19FN2O5/c26-18-6-3-16(4-7-18)22-21(23(29)17-5-8-19-20(12-17)33-11-10-32-19)24(30)25(31)28(22)14-15-2-1-9-27-13-15/h1-9,12-13,22,29H,10-11,14H2/t22-/m1/s1. The highest BCUT2D eigenvalue weighted by Crippen LogP contribution is 2.41. The number of aliphatic hydroxyl groups excluding tert-OH is 1. The van der Waals surface area contributed by atoms with Crippen LogP contribution in [-0.4, -0.2) is 39.9 Å². The van der Waals surface area contributed by atoms with Crippen LogP contribution in [0.25, 0.3) is 5.76 Å². The predicted octanol–water partition coefficient (Wildman–Crippen LogP) is 3.61. The molecule has 0 radical (unpaired) electrons. The van der Waals surface area contributed by atoms with Crippen LogP contribution >= 0.6 is 0 Å². The lowest BCUT2D eigenvalue weighted by atomic mass is 9.95. The first kappa shape index (κ1) is 20.7. The van der Waals surface area contributed by atoms with Gasteiger partial charge in [0.2, 0.25) is 0 Å². The number of fused-ring (bicyclic) bond motifs is 1. The molecule has 2 aromatic carbocycles.